The third kappa shape index (κ3) is 4.89. The molecule has 0 radical (unpaired) electrons. The lowest BCUT2D eigenvalue weighted by molar-refractivity contribution is 0.109. The second kappa shape index (κ2) is 7.49. The average Bonchev–Trinajstić information content (AvgIpc) is 2.35. The molecular weight excluding hydrogens is 220 g/mol. The first-order valence-electron chi connectivity index (χ1n) is 7.86. The van der Waals surface area contributed by atoms with Gasteiger partial charge in [0.05, 0.1) is 0 Å². The molecule has 0 aromatic heterocycles. The molecule has 0 aliphatic carbocycles. The molecule has 1 aliphatic heterocycles. The molecule has 2 heteroatoms. The van der Waals surface area contributed by atoms with Crippen molar-refractivity contribution in [2.75, 3.05) is 26.7 Å². The van der Waals surface area contributed by atoms with Gasteiger partial charge in [-0.3, -0.25) is 0 Å². The second-order valence-corrected chi connectivity index (χ2v) is 6.83. The zero-order valence-corrected chi connectivity index (χ0v) is 13.4. The van der Waals surface area contributed by atoms with Crippen molar-refractivity contribution >= 4 is 0 Å². The highest BCUT2D eigenvalue weighted by Gasteiger charge is 2.24. The van der Waals surface area contributed by atoms with E-state index in [1.54, 1.807) is 0 Å². The van der Waals surface area contributed by atoms with E-state index in [9.17, 15) is 0 Å². The van der Waals surface area contributed by atoms with E-state index in [0.717, 1.165) is 17.9 Å². The SMILES string of the molecule is CC(C)C1CCN(C(C)CCN(C)C(C)C)CC1. The number of piperidine rings is 1. The van der Waals surface area contributed by atoms with Crippen LogP contribution in [0.2, 0.25) is 0 Å². The number of likely N-dealkylation sites (tertiary alicyclic amines) is 1. The minimum absolute atomic E-state index is 0.670. The summed E-state index contributed by atoms with van der Waals surface area (Å²) in [4.78, 5) is 5.16. The van der Waals surface area contributed by atoms with E-state index in [1.807, 2.05) is 0 Å². The molecule has 0 aromatic carbocycles. The van der Waals surface area contributed by atoms with Crippen LogP contribution < -0.4 is 0 Å². The summed E-state index contributed by atoms with van der Waals surface area (Å²) >= 11 is 0. The Morgan fingerprint density at radius 3 is 2.06 bits per heavy atom. The summed E-state index contributed by atoms with van der Waals surface area (Å²) in [6, 6.07) is 1.42. The molecule has 2 nitrogen and oxygen atoms in total. The minimum Gasteiger partial charge on any atom is -0.304 e. The van der Waals surface area contributed by atoms with Gasteiger partial charge in [-0.05, 0) is 78.6 Å². The van der Waals surface area contributed by atoms with Crippen LogP contribution in [-0.4, -0.2) is 48.6 Å². The van der Waals surface area contributed by atoms with Crippen LogP contribution >= 0.6 is 0 Å². The molecule has 1 rings (SSSR count). The summed E-state index contributed by atoms with van der Waals surface area (Å²) in [7, 11) is 2.24. The zero-order chi connectivity index (χ0) is 13.7. The number of nitrogens with zero attached hydrogens (tertiary/aromatic N) is 2. The maximum atomic E-state index is 2.70. The lowest BCUT2D eigenvalue weighted by Crippen LogP contribution is -2.42. The number of hydrogen-bond acceptors (Lipinski definition) is 2. The minimum atomic E-state index is 0.670. The smallest absolute Gasteiger partial charge is 0.00791 e. The lowest BCUT2D eigenvalue weighted by Gasteiger charge is -2.38. The Labute approximate surface area is 115 Å². The molecule has 0 bridgehead atoms. The fraction of sp³-hybridized carbons (Fsp3) is 1.00. The van der Waals surface area contributed by atoms with Gasteiger partial charge in [0.25, 0.3) is 0 Å². The van der Waals surface area contributed by atoms with Crippen molar-refractivity contribution in [1.82, 2.24) is 9.80 Å². The van der Waals surface area contributed by atoms with Gasteiger partial charge < -0.3 is 9.80 Å². The molecule has 1 saturated heterocycles. The van der Waals surface area contributed by atoms with E-state index in [2.05, 4.69) is 51.5 Å². The molecule has 1 unspecified atom stereocenters. The molecule has 1 heterocycles. The topological polar surface area (TPSA) is 6.48 Å². The first-order valence-corrected chi connectivity index (χ1v) is 7.86. The molecule has 108 valence electrons. The monoisotopic (exact) mass is 254 g/mol. The molecule has 0 N–H and O–H groups in total. The Bertz CT molecular complexity index is 217. The van der Waals surface area contributed by atoms with Gasteiger partial charge in [-0.1, -0.05) is 13.8 Å². The summed E-state index contributed by atoms with van der Waals surface area (Å²) in [5.41, 5.74) is 0. The van der Waals surface area contributed by atoms with E-state index in [-0.39, 0.29) is 0 Å². The molecule has 0 amide bonds. The highest BCUT2D eigenvalue weighted by molar-refractivity contribution is 4.78. The van der Waals surface area contributed by atoms with Crippen LogP contribution in [0.3, 0.4) is 0 Å². The van der Waals surface area contributed by atoms with Gasteiger partial charge in [-0.15, -0.1) is 0 Å². The van der Waals surface area contributed by atoms with Crippen molar-refractivity contribution in [2.45, 2.75) is 66.0 Å². The molecule has 0 saturated carbocycles. The van der Waals surface area contributed by atoms with E-state index >= 15 is 0 Å². The Morgan fingerprint density at radius 2 is 1.61 bits per heavy atom. The van der Waals surface area contributed by atoms with Gasteiger partial charge >= 0.3 is 0 Å². The van der Waals surface area contributed by atoms with Gasteiger partial charge in [-0.25, -0.2) is 0 Å². The maximum Gasteiger partial charge on any atom is 0.00791 e. The van der Waals surface area contributed by atoms with E-state index in [1.165, 1.54) is 38.9 Å². The van der Waals surface area contributed by atoms with Crippen LogP contribution in [0.15, 0.2) is 0 Å². The van der Waals surface area contributed by atoms with Gasteiger partial charge in [-0.2, -0.15) is 0 Å². The summed E-state index contributed by atoms with van der Waals surface area (Å²) in [6.45, 7) is 15.6. The fourth-order valence-corrected chi connectivity index (χ4v) is 2.86. The maximum absolute atomic E-state index is 2.70. The van der Waals surface area contributed by atoms with Crippen molar-refractivity contribution in [1.29, 1.82) is 0 Å². The number of rotatable bonds is 6. The molecule has 1 aliphatic rings. The summed E-state index contributed by atoms with van der Waals surface area (Å²) < 4.78 is 0. The molecule has 1 atom stereocenters. The quantitative estimate of drug-likeness (QED) is 0.716. The highest BCUT2D eigenvalue weighted by Crippen LogP contribution is 2.25. The molecular formula is C16H34N2. The second-order valence-electron chi connectivity index (χ2n) is 6.83. The Balaban J connectivity index is 2.25. The Morgan fingerprint density at radius 1 is 1.06 bits per heavy atom. The fourth-order valence-electron chi connectivity index (χ4n) is 2.86. The van der Waals surface area contributed by atoms with E-state index in [4.69, 9.17) is 0 Å². The molecule has 0 spiro atoms. The lowest BCUT2D eigenvalue weighted by atomic mass is 9.86. The third-order valence-electron chi connectivity index (χ3n) is 4.92. The summed E-state index contributed by atoms with van der Waals surface area (Å²) in [6.07, 6.45) is 4.12. The summed E-state index contributed by atoms with van der Waals surface area (Å²) in [5, 5.41) is 0. The average molecular weight is 254 g/mol. The first-order chi connectivity index (χ1) is 8.41. The van der Waals surface area contributed by atoms with Crippen LogP contribution in [0, 0.1) is 11.8 Å². The predicted octanol–water partition coefficient (Wildman–Crippen LogP) is 3.47. The van der Waals surface area contributed by atoms with Crippen molar-refractivity contribution in [3.8, 4) is 0 Å². The van der Waals surface area contributed by atoms with Crippen molar-refractivity contribution in [3.63, 3.8) is 0 Å². The number of hydrogen-bond donors (Lipinski definition) is 0. The van der Waals surface area contributed by atoms with Gasteiger partial charge in [0.1, 0.15) is 0 Å². The van der Waals surface area contributed by atoms with Crippen LogP contribution in [0.1, 0.15) is 53.9 Å². The third-order valence-corrected chi connectivity index (χ3v) is 4.92. The molecule has 0 aromatic rings. The largest absolute Gasteiger partial charge is 0.304 e. The normalized spacial score (nSPS) is 21.2. The van der Waals surface area contributed by atoms with Gasteiger partial charge in [0.2, 0.25) is 0 Å². The highest BCUT2D eigenvalue weighted by atomic mass is 15.2. The van der Waals surface area contributed by atoms with Crippen molar-refractivity contribution in [2.24, 2.45) is 11.8 Å². The van der Waals surface area contributed by atoms with Crippen LogP contribution in [0.4, 0.5) is 0 Å². The first kappa shape index (κ1) is 16.0. The standard InChI is InChI=1S/C16H34N2/c1-13(2)16-8-11-18(12-9-16)15(5)7-10-17(6)14(3)4/h13-16H,7-12H2,1-6H3. The zero-order valence-electron chi connectivity index (χ0n) is 13.4. The molecule has 18 heavy (non-hydrogen) atoms. The van der Waals surface area contributed by atoms with Crippen LogP contribution in [0.25, 0.3) is 0 Å². The van der Waals surface area contributed by atoms with Gasteiger partial charge in [0, 0.05) is 12.1 Å². The van der Waals surface area contributed by atoms with Crippen molar-refractivity contribution < 1.29 is 0 Å². The Hall–Kier alpha value is -0.0800. The van der Waals surface area contributed by atoms with Gasteiger partial charge in [0.15, 0.2) is 0 Å². The van der Waals surface area contributed by atoms with Crippen molar-refractivity contribution in [3.05, 3.63) is 0 Å². The predicted molar refractivity (Wildman–Crippen MR) is 81.0 cm³/mol. The molecule has 1 fully saturated rings. The Kier molecular flexibility index (Phi) is 6.65. The van der Waals surface area contributed by atoms with E-state index < -0.39 is 0 Å². The van der Waals surface area contributed by atoms with Crippen LogP contribution in [-0.2, 0) is 0 Å². The summed E-state index contributed by atoms with van der Waals surface area (Å²) in [5.74, 6) is 1.83. The van der Waals surface area contributed by atoms with E-state index in [0.29, 0.717) is 6.04 Å². The van der Waals surface area contributed by atoms with Crippen LogP contribution in [0.5, 0.6) is 0 Å².